The third kappa shape index (κ3) is 3.59. The van der Waals surface area contributed by atoms with Crippen molar-refractivity contribution in [2.24, 2.45) is 5.84 Å². The third-order valence-electron chi connectivity index (χ3n) is 2.84. The summed E-state index contributed by atoms with van der Waals surface area (Å²) in [7, 11) is 1.72. The van der Waals surface area contributed by atoms with Crippen LogP contribution < -0.4 is 11.3 Å². The molecule has 1 aromatic carbocycles. The van der Waals surface area contributed by atoms with Gasteiger partial charge in [0.1, 0.15) is 0 Å². The van der Waals surface area contributed by atoms with Gasteiger partial charge in [0.05, 0.1) is 0 Å². The van der Waals surface area contributed by atoms with Gasteiger partial charge in [-0.05, 0) is 37.8 Å². The highest BCUT2D eigenvalue weighted by molar-refractivity contribution is 5.32. The van der Waals surface area contributed by atoms with E-state index in [1.54, 1.807) is 7.11 Å². The Hall–Kier alpha value is -0.900. The average Bonchev–Trinajstić information content (AvgIpc) is 2.26. The number of ether oxygens (including phenoxy) is 1. The first-order valence-corrected chi connectivity index (χ1v) is 5.71. The number of hydrogen-bond donors (Lipinski definition) is 2. The first-order valence-electron chi connectivity index (χ1n) is 5.71. The van der Waals surface area contributed by atoms with Crippen LogP contribution >= 0.6 is 0 Å². The average molecular weight is 222 g/mol. The molecule has 0 heterocycles. The summed E-state index contributed by atoms with van der Waals surface area (Å²) in [5.41, 5.74) is 6.74. The van der Waals surface area contributed by atoms with Crippen molar-refractivity contribution in [1.29, 1.82) is 0 Å². The first kappa shape index (κ1) is 13.2. The second kappa shape index (κ2) is 6.63. The Kier molecular flexibility index (Phi) is 5.46. The first-order chi connectivity index (χ1) is 7.69. The van der Waals surface area contributed by atoms with Crippen molar-refractivity contribution < 1.29 is 4.74 Å². The molecule has 3 N–H and O–H groups in total. The van der Waals surface area contributed by atoms with Gasteiger partial charge in [-0.2, -0.15) is 0 Å². The van der Waals surface area contributed by atoms with Crippen molar-refractivity contribution in [2.75, 3.05) is 13.7 Å². The summed E-state index contributed by atoms with van der Waals surface area (Å²) in [5.74, 6) is 5.60. The zero-order chi connectivity index (χ0) is 12.0. The van der Waals surface area contributed by atoms with Crippen LogP contribution in [0.15, 0.2) is 18.2 Å². The molecule has 0 radical (unpaired) electrons. The summed E-state index contributed by atoms with van der Waals surface area (Å²) >= 11 is 0. The van der Waals surface area contributed by atoms with E-state index in [0.29, 0.717) is 0 Å². The Morgan fingerprint density at radius 2 is 2.12 bits per heavy atom. The molecule has 0 saturated heterocycles. The second-order valence-corrected chi connectivity index (χ2v) is 4.21. The summed E-state index contributed by atoms with van der Waals surface area (Å²) in [5, 5.41) is 0. The molecule has 0 aliphatic rings. The highest BCUT2D eigenvalue weighted by Crippen LogP contribution is 2.22. The quantitative estimate of drug-likeness (QED) is 0.441. The summed E-state index contributed by atoms with van der Waals surface area (Å²) in [4.78, 5) is 0. The van der Waals surface area contributed by atoms with Crippen LogP contribution in [-0.4, -0.2) is 13.7 Å². The topological polar surface area (TPSA) is 47.3 Å². The van der Waals surface area contributed by atoms with Gasteiger partial charge in [-0.3, -0.25) is 11.3 Å². The Balaban J connectivity index is 2.70. The lowest BCUT2D eigenvalue weighted by atomic mass is 9.96. The number of hydrazine groups is 1. The number of rotatable bonds is 6. The molecule has 1 aromatic rings. The Morgan fingerprint density at radius 1 is 1.38 bits per heavy atom. The van der Waals surface area contributed by atoms with Gasteiger partial charge in [0, 0.05) is 19.8 Å². The molecule has 1 unspecified atom stereocenters. The molecule has 90 valence electrons. The maximum absolute atomic E-state index is 5.60. The molecule has 1 atom stereocenters. The van der Waals surface area contributed by atoms with Crippen molar-refractivity contribution in [3.8, 4) is 0 Å². The predicted octanol–water partition coefficient (Wildman–Crippen LogP) is 2.23. The van der Waals surface area contributed by atoms with Crippen LogP contribution in [0.2, 0.25) is 0 Å². The van der Waals surface area contributed by atoms with Crippen LogP contribution in [0.5, 0.6) is 0 Å². The minimum atomic E-state index is 0.218. The predicted molar refractivity (Wildman–Crippen MR) is 67.1 cm³/mol. The van der Waals surface area contributed by atoms with Gasteiger partial charge in [-0.1, -0.05) is 23.8 Å². The lowest BCUT2D eigenvalue weighted by Crippen LogP contribution is -2.28. The highest BCUT2D eigenvalue weighted by Gasteiger charge is 2.11. The molecule has 0 amide bonds. The molecule has 0 aromatic heterocycles. The second-order valence-electron chi connectivity index (χ2n) is 4.21. The number of methoxy groups -OCH3 is 1. The molecule has 16 heavy (non-hydrogen) atoms. The minimum Gasteiger partial charge on any atom is -0.385 e. The summed E-state index contributed by atoms with van der Waals surface area (Å²) < 4.78 is 5.05. The van der Waals surface area contributed by atoms with Gasteiger partial charge in [0.15, 0.2) is 0 Å². The van der Waals surface area contributed by atoms with Crippen LogP contribution in [-0.2, 0) is 4.74 Å². The van der Waals surface area contributed by atoms with E-state index in [9.17, 15) is 0 Å². The van der Waals surface area contributed by atoms with E-state index in [1.165, 1.54) is 16.7 Å². The zero-order valence-corrected chi connectivity index (χ0v) is 10.4. The van der Waals surface area contributed by atoms with E-state index in [1.807, 2.05) is 0 Å². The summed E-state index contributed by atoms with van der Waals surface area (Å²) in [6.07, 6.45) is 2.01. The maximum Gasteiger partial charge on any atom is 0.0463 e. The maximum atomic E-state index is 5.60. The van der Waals surface area contributed by atoms with E-state index in [0.717, 1.165) is 19.4 Å². The molecule has 0 aliphatic heterocycles. The van der Waals surface area contributed by atoms with Crippen LogP contribution in [0.3, 0.4) is 0 Å². The summed E-state index contributed by atoms with van der Waals surface area (Å²) in [6.45, 7) is 5.01. The molecule has 1 rings (SSSR count). The van der Waals surface area contributed by atoms with E-state index in [2.05, 4.69) is 37.5 Å². The lowest BCUT2D eigenvalue weighted by molar-refractivity contribution is 0.188. The van der Waals surface area contributed by atoms with E-state index in [4.69, 9.17) is 10.6 Å². The fourth-order valence-electron chi connectivity index (χ4n) is 1.98. The van der Waals surface area contributed by atoms with Gasteiger partial charge < -0.3 is 4.74 Å². The minimum absolute atomic E-state index is 0.218. The smallest absolute Gasteiger partial charge is 0.0463 e. The molecular formula is C13H22N2O. The Labute approximate surface area is 98.0 Å². The van der Waals surface area contributed by atoms with Crippen LogP contribution in [0.1, 0.15) is 35.6 Å². The van der Waals surface area contributed by atoms with Gasteiger partial charge >= 0.3 is 0 Å². The normalized spacial score (nSPS) is 12.8. The number of benzene rings is 1. The standard InChI is InChI=1S/C13H22N2O/c1-10-6-7-12(11(2)9-10)13(15-14)5-4-8-16-3/h6-7,9,13,15H,4-5,8,14H2,1-3H3. The van der Waals surface area contributed by atoms with Crippen molar-refractivity contribution in [3.05, 3.63) is 34.9 Å². The van der Waals surface area contributed by atoms with Crippen molar-refractivity contribution in [1.82, 2.24) is 5.43 Å². The van der Waals surface area contributed by atoms with Gasteiger partial charge in [0.2, 0.25) is 0 Å². The molecule has 3 nitrogen and oxygen atoms in total. The van der Waals surface area contributed by atoms with E-state index in [-0.39, 0.29) is 6.04 Å². The molecule has 0 fully saturated rings. The highest BCUT2D eigenvalue weighted by atomic mass is 16.5. The van der Waals surface area contributed by atoms with E-state index >= 15 is 0 Å². The van der Waals surface area contributed by atoms with Crippen molar-refractivity contribution >= 4 is 0 Å². The molecule has 0 spiro atoms. The lowest BCUT2D eigenvalue weighted by Gasteiger charge is -2.18. The van der Waals surface area contributed by atoms with Crippen LogP contribution in [0.25, 0.3) is 0 Å². The van der Waals surface area contributed by atoms with Gasteiger partial charge in [-0.15, -0.1) is 0 Å². The number of hydrogen-bond acceptors (Lipinski definition) is 3. The fourth-order valence-corrected chi connectivity index (χ4v) is 1.98. The Morgan fingerprint density at radius 3 is 2.69 bits per heavy atom. The molecular weight excluding hydrogens is 200 g/mol. The van der Waals surface area contributed by atoms with Crippen molar-refractivity contribution in [3.63, 3.8) is 0 Å². The van der Waals surface area contributed by atoms with Crippen molar-refractivity contribution in [2.45, 2.75) is 32.7 Å². The van der Waals surface area contributed by atoms with E-state index < -0.39 is 0 Å². The molecule has 0 aliphatic carbocycles. The van der Waals surface area contributed by atoms with Crippen LogP contribution in [0.4, 0.5) is 0 Å². The fraction of sp³-hybridized carbons (Fsp3) is 0.538. The largest absolute Gasteiger partial charge is 0.385 e. The zero-order valence-electron chi connectivity index (χ0n) is 10.4. The summed E-state index contributed by atoms with van der Waals surface area (Å²) in [6, 6.07) is 6.69. The van der Waals surface area contributed by atoms with Crippen LogP contribution in [0, 0.1) is 13.8 Å². The molecule has 0 bridgehead atoms. The third-order valence-corrected chi connectivity index (χ3v) is 2.84. The molecule has 3 heteroatoms. The number of aryl methyl sites for hydroxylation is 2. The van der Waals surface area contributed by atoms with Gasteiger partial charge in [-0.25, -0.2) is 0 Å². The number of nitrogens with two attached hydrogens (primary N) is 1. The SMILES string of the molecule is COCCCC(NN)c1ccc(C)cc1C. The monoisotopic (exact) mass is 222 g/mol. The van der Waals surface area contributed by atoms with Gasteiger partial charge in [0.25, 0.3) is 0 Å². The Bertz CT molecular complexity index is 326. The number of nitrogens with one attached hydrogen (secondary N) is 1. The molecule has 0 saturated carbocycles.